The van der Waals surface area contributed by atoms with Gasteiger partial charge >= 0.3 is 0 Å². The van der Waals surface area contributed by atoms with Crippen molar-refractivity contribution in [2.75, 3.05) is 23.4 Å². The molecular weight excluding hydrogens is 361 g/mol. The van der Waals surface area contributed by atoms with Crippen molar-refractivity contribution in [1.82, 2.24) is 0 Å². The van der Waals surface area contributed by atoms with Gasteiger partial charge in [0.2, 0.25) is 11.8 Å². The van der Waals surface area contributed by atoms with Crippen LogP contribution in [-0.2, 0) is 9.59 Å². The van der Waals surface area contributed by atoms with Crippen LogP contribution in [0.2, 0.25) is 0 Å². The molecule has 8 heteroatoms. The highest BCUT2D eigenvalue weighted by molar-refractivity contribution is 5.94. The zero-order valence-electron chi connectivity index (χ0n) is 14.9. The highest BCUT2D eigenvalue weighted by Gasteiger charge is 2.17. The number of anilines is 2. The third-order valence-corrected chi connectivity index (χ3v) is 3.71. The zero-order chi connectivity index (χ0) is 20.0. The molecule has 1 N–H and O–H groups in total. The molecule has 0 bridgehead atoms. The number of ether oxygens (including phenoxy) is 1. The molecule has 2 aromatic carbocycles. The monoisotopic (exact) mass is 380 g/mol. The molecule has 2 amide bonds. The molecule has 0 saturated carbocycles. The van der Waals surface area contributed by atoms with Crippen LogP contribution in [0.15, 0.2) is 36.4 Å². The number of halogens is 3. The van der Waals surface area contributed by atoms with Crippen LogP contribution in [0.5, 0.6) is 5.75 Å². The van der Waals surface area contributed by atoms with E-state index >= 15 is 0 Å². The van der Waals surface area contributed by atoms with Crippen LogP contribution >= 0.6 is 0 Å². The molecule has 27 heavy (non-hydrogen) atoms. The number of amides is 2. The maximum atomic E-state index is 13.6. The van der Waals surface area contributed by atoms with Crippen LogP contribution in [0.25, 0.3) is 0 Å². The lowest BCUT2D eigenvalue weighted by Gasteiger charge is -2.21. The van der Waals surface area contributed by atoms with Gasteiger partial charge in [-0.3, -0.25) is 9.59 Å². The standard InChI is InChI=1S/C19H19F3N2O3/c1-3-27-14-6-4-13(5-7-14)24(12(2)25)11-10-17(26)23-16-9-8-15(20)18(21)19(16)22/h4-9H,3,10-11H2,1-2H3,(H,23,26). The summed E-state index contributed by atoms with van der Waals surface area (Å²) in [6.45, 7) is 3.74. The Hall–Kier alpha value is -3.03. The summed E-state index contributed by atoms with van der Waals surface area (Å²) in [5.41, 5.74) is 0.104. The molecule has 0 heterocycles. The van der Waals surface area contributed by atoms with E-state index in [1.807, 2.05) is 6.92 Å². The average Bonchev–Trinajstić information content (AvgIpc) is 2.64. The first kappa shape index (κ1) is 20.3. The van der Waals surface area contributed by atoms with Crippen LogP contribution in [0, 0.1) is 17.5 Å². The lowest BCUT2D eigenvalue weighted by molar-refractivity contribution is -0.117. The summed E-state index contributed by atoms with van der Waals surface area (Å²) in [6.07, 6.45) is -0.161. The predicted octanol–water partition coefficient (Wildman–Crippen LogP) is 3.88. The molecule has 0 radical (unpaired) electrons. The van der Waals surface area contributed by atoms with Gasteiger partial charge in [0.15, 0.2) is 17.5 Å². The van der Waals surface area contributed by atoms with Crippen molar-refractivity contribution in [3.63, 3.8) is 0 Å². The van der Waals surface area contributed by atoms with Crippen LogP contribution in [0.1, 0.15) is 20.3 Å². The molecule has 0 aromatic heterocycles. The molecule has 0 aliphatic carbocycles. The lowest BCUT2D eigenvalue weighted by Crippen LogP contribution is -2.32. The van der Waals surface area contributed by atoms with E-state index in [-0.39, 0.29) is 18.9 Å². The van der Waals surface area contributed by atoms with E-state index in [0.29, 0.717) is 18.0 Å². The molecular formula is C19H19F3N2O3. The number of hydrogen-bond acceptors (Lipinski definition) is 3. The Morgan fingerprint density at radius 2 is 1.70 bits per heavy atom. The first-order valence-corrected chi connectivity index (χ1v) is 8.27. The Bertz CT molecular complexity index is 826. The molecule has 0 atom stereocenters. The average molecular weight is 380 g/mol. The molecule has 0 aliphatic rings. The zero-order valence-corrected chi connectivity index (χ0v) is 14.9. The number of benzene rings is 2. The Morgan fingerprint density at radius 3 is 2.30 bits per heavy atom. The first-order chi connectivity index (χ1) is 12.8. The second-order valence-electron chi connectivity index (χ2n) is 5.62. The summed E-state index contributed by atoms with van der Waals surface area (Å²) in [4.78, 5) is 25.3. The predicted molar refractivity (Wildman–Crippen MR) is 95.2 cm³/mol. The largest absolute Gasteiger partial charge is 0.494 e. The summed E-state index contributed by atoms with van der Waals surface area (Å²) >= 11 is 0. The van der Waals surface area contributed by atoms with E-state index in [4.69, 9.17) is 4.74 Å². The third kappa shape index (κ3) is 5.22. The Balaban J connectivity index is 2.02. The van der Waals surface area contributed by atoms with Crippen molar-refractivity contribution in [3.8, 4) is 5.75 Å². The highest BCUT2D eigenvalue weighted by atomic mass is 19.2. The molecule has 0 aliphatic heterocycles. The minimum Gasteiger partial charge on any atom is -0.494 e. The van der Waals surface area contributed by atoms with E-state index in [1.54, 1.807) is 24.3 Å². The maximum absolute atomic E-state index is 13.6. The minimum atomic E-state index is -1.66. The fourth-order valence-corrected chi connectivity index (χ4v) is 2.41. The Morgan fingerprint density at radius 1 is 1.04 bits per heavy atom. The second-order valence-corrected chi connectivity index (χ2v) is 5.62. The fraction of sp³-hybridized carbons (Fsp3) is 0.263. The van der Waals surface area contributed by atoms with Crippen LogP contribution in [-0.4, -0.2) is 25.0 Å². The number of hydrogen-bond donors (Lipinski definition) is 1. The van der Waals surface area contributed by atoms with Crippen molar-refractivity contribution in [2.24, 2.45) is 0 Å². The molecule has 0 unspecified atom stereocenters. The van der Waals surface area contributed by atoms with Gasteiger partial charge in [-0.25, -0.2) is 13.2 Å². The van der Waals surface area contributed by atoms with Gasteiger partial charge in [0, 0.05) is 25.6 Å². The quantitative estimate of drug-likeness (QED) is 0.742. The van der Waals surface area contributed by atoms with Crippen molar-refractivity contribution in [3.05, 3.63) is 53.8 Å². The summed E-state index contributed by atoms with van der Waals surface area (Å²) in [5, 5.41) is 2.17. The van der Waals surface area contributed by atoms with Crippen LogP contribution in [0.3, 0.4) is 0 Å². The number of carbonyl (C=O) groups excluding carboxylic acids is 2. The summed E-state index contributed by atoms with van der Waals surface area (Å²) < 4.78 is 45.1. The summed E-state index contributed by atoms with van der Waals surface area (Å²) in [7, 11) is 0. The summed E-state index contributed by atoms with van der Waals surface area (Å²) in [5.74, 6) is -4.76. The molecule has 0 saturated heterocycles. The molecule has 0 fully saturated rings. The number of nitrogens with zero attached hydrogens (tertiary/aromatic N) is 1. The summed E-state index contributed by atoms with van der Waals surface area (Å²) in [6, 6.07) is 8.41. The lowest BCUT2D eigenvalue weighted by atomic mass is 10.2. The van der Waals surface area contributed by atoms with Gasteiger partial charge in [0.05, 0.1) is 12.3 Å². The number of carbonyl (C=O) groups is 2. The first-order valence-electron chi connectivity index (χ1n) is 8.27. The SMILES string of the molecule is CCOc1ccc(N(CCC(=O)Nc2ccc(F)c(F)c2F)C(C)=O)cc1. The van der Waals surface area contributed by atoms with Gasteiger partial charge in [0.25, 0.3) is 0 Å². The molecule has 144 valence electrons. The van der Waals surface area contributed by atoms with Gasteiger partial charge in [-0.2, -0.15) is 0 Å². The number of nitrogens with one attached hydrogen (secondary N) is 1. The van der Waals surface area contributed by atoms with Gasteiger partial charge in [-0.1, -0.05) is 0 Å². The van der Waals surface area contributed by atoms with Crippen molar-refractivity contribution < 1.29 is 27.5 Å². The second kappa shape index (κ2) is 9.07. The molecule has 2 aromatic rings. The van der Waals surface area contributed by atoms with Gasteiger partial charge in [0.1, 0.15) is 5.75 Å². The third-order valence-electron chi connectivity index (χ3n) is 3.71. The molecule has 5 nitrogen and oxygen atoms in total. The van der Waals surface area contributed by atoms with Gasteiger partial charge in [-0.15, -0.1) is 0 Å². The van der Waals surface area contributed by atoms with E-state index in [0.717, 1.165) is 12.1 Å². The Kier molecular flexibility index (Phi) is 6.81. The normalized spacial score (nSPS) is 10.4. The van der Waals surface area contributed by atoms with E-state index in [1.165, 1.54) is 11.8 Å². The highest BCUT2D eigenvalue weighted by Crippen LogP contribution is 2.21. The molecule has 0 spiro atoms. The van der Waals surface area contributed by atoms with Crippen molar-refractivity contribution >= 4 is 23.2 Å². The smallest absolute Gasteiger partial charge is 0.226 e. The van der Waals surface area contributed by atoms with E-state index in [9.17, 15) is 22.8 Å². The van der Waals surface area contributed by atoms with Crippen LogP contribution in [0.4, 0.5) is 24.5 Å². The minimum absolute atomic E-state index is 0.0282. The molecule has 2 rings (SSSR count). The van der Waals surface area contributed by atoms with E-state index in [2.05, 4.69) is 5.32 Å². The maximum Gasteiger partial charge on any atom is 0.226 e. The number of rotatable bonds is 7. The van der Waals surface area contributed by atoms with Crippen molar-refractivity contribution in [1.29, 1.82) is 0 Å². The van der Waals surface area contributed by atoms with E-state index < -0.39 is 29.0 Å². The van der Waals surface area contributed by atoms with Crippen LogP contribution < -0.4 is 15.0 Å². The Labute approximate surface area is 154 Å². The fourth-order valence-electron chi connectivity index (χ4n) is 2.41. The van der Waals surface area contributed by atoms with Gasteiger partial charge < -0.3 is 15.0 Å². The van der Waals surface area contributed by atoms with Crippen molar-refractivity contribution in [2.45, 2.75) is 20.3 Å². The van der Waals surface area contributed by atoms with Gasteiger partial charge in [-0.05, 0) is 43.3 Å². The topological polar surface area (TPSA) is 58.6 Å².